The lowest BCUT2D eigenvalue weighted by atomic mass is 10.0. The van der Waals surface area contributed by atoms with Crippen LogP contribution in [0.3, 0.4) is 0 Å². The van der Waals surface area contributed by atoms with E-state index in [-0.39, 0.29) is 11.7 Å². The maximum Gasteiger partial charge on any atom is 0.330 e. The number of ether oxygens (including phenoxy) is 1. The molecule has 9 heteroatoms. The lowest BCUT2D eigenvalue weighted by Crippen LogP contribution is -2.32. The fourth-order valence-corrected chi connectivity index (χ4v) is 1.41. The molecule has 1 rings (SSSR count). The molecule has 0 amide bonds. The van der Waals surface area contributed by atoms with Crippen molar-refractivity contribution in [1.29, 1.82) is 0 Å². The van der Waals surface area contributed by atoms with Crippen molar-refractivity contribution in [3.8, 4) is 0 Å². The molecular weight excluding hydrogens is 282 g/mol. The summed E-state index contributed by atoms with van der Waals surface area (Å²) in [5.74, 6) is -3.63. The van der Waals surface area contributed by atoms with E-state index in [9.17, 15) is 17.6 Å². The summed E-state index contributed by atoms with van der Waals surface area (Å²) >= 11 is 0. The van der Waals surface area contributed by atoms with Crippen LogP contribution in [0.15, 0.2) is 4.52 Å². The number of rotatable bonds is 9. The van der Waals surface area contributed by atoms with E-state index in [4.69, 9.17) is 10.3 Å². The number of alkyl halides is 4. The summed E-state index contributed by atoms with van der Waals surface area (Å²) in [6.07, 6.45) is -2.45. The predicted molar refractivity (Wildman–Crippen MR) is 61.4 cm³/mol. The summed E-state index contributed by atoms with van der Waals surface area (Å²) in [7, 11) is 0. The van der Waals surface area contributed by atoms with Crippen LogP contribution in [0.5, 0.6) is 0 Å². The molecule has 0 aliphatic heterocycles. The Morgan fingerprint density at radius 1 is 1.40 bits per heavy atom. The van der Waals surface area contributed by atoms with Gasteiger partial charge >= 0.3 is 12.3 Å². The Bertz CT molecular complexity index is 397. The second-order valence-electron chi connectivity index (χ2n) is 4.37. The number of nitrogens with two attached hydrogens (primary N) is 1. The van der Waals surface area contributed by atoms with E-state index >= 15 is 0 Å². The van der Waals surface area contributed by atoms with Gasteiger partial charge in [0.1, 0.15) is 13.2 Å². The van der Waals surface area contributed by atoms with Crippen molar-refractivity contribution >= 4 is 0 Å². The summed E-state index contributed by atoms with van der Waals surface area (Å²) in [4.78, 5) is 3.92. The highest BCUT2D eigenvalue weighted by molar-refractivity contribution is 4.87. The van der Waals surface area contributed by atoms with Gasteiger partial charge in [-0.25, -0.2) is 8.78 Å². The third-order valence-corrected chi connectivity index (χ3v) is 2.73. The minimum Gasteiger partial charge on any atom is -0.367 e. The number of hydrogen-bond acceptors (Lipinski definition) is 5. The quantitative estimate of drug-likeness (QED) is 0.706. The third kappa shape index (κ3) is 5.04. The van der Waals surface area contributed by atoms with Gasteiger partial charge in [0.25, 0.3) is 0 Å². The number of halogens is 4. The Morgan fingerprint density at radius 3 is 2.65 bits per heavy atom. The number of nitrogens with zero attached hydrogens (tertiary/aromatic N) is 2. The Kier molecular flexibility index (Phi) is 6.34. The molecule has 1 unspecified atom stereocenters. The highest BCUT2D eigenvalue weighted by atomic mass is 19.3. The molecule has 2 N–H and O–H groups in total. The number of aromatic nitrogens is 2. The SMILES string of the molecule is CCC(CN)Cc1nc(COCC(F)(F)C(F)F)no1. The van der Waals surface area contributed by atoms with E-state index in [0.717, 1.165) is 6.42 Å². The van der Waals surface area contributed by atoms with Gasteiger partial charge in [0, 0.05) is 6.42 Å². The van der Waals surface area contributed by atoms with E-state index in [2.05, 4.69) is 14.9 Å². The molecule has 0 fully saturated rings. The maximum atomic E-state index is 12.6. The first-order chi connectivity index (χ1) is 9.39. The fourth-order valence-electron chi connectivity index (χ4n) is 1.41. The maximum absolute atomic E-state index is 12.6. The molecule has 0 aromatic carbocycles. The van der Waals surface area contributed by atoms with Crippen molar-refractivity contribution in [2.24, 2.45) is 11.7 Å². The van der Waals surface area contributed by atoms with Gasteiger partial charge in [0.2, 0.25) is 5.89 Å². The smallest absolute Gasteiger partial charge is 0.330 e. The summed E-state index contributed by atoms with van der Waals surface area (Å²) in [6.45, 7) is 0.621. The van der Waals surface area contributed by atoms with E-state index < -0.39 is 25.6 Å². The first-order valence-electron chi connectivity index (χ1n) is 6.14. The first-order valence-corrected chi connectivity index (χ1v) is 6.14. The van der Waals surface area contributed by atoms with Crippen molar-refractivity contribution in [3.05, 3.63) is 11.7 Å². The van der Waals surface area contributed by atoms with Crippen molar-refractivity contribution in [2.45, 2.75) is 38.7 Å². The van der Waals surface area contributed by atoms with Gasteiger partial charge in [-0.05, 0) is 12.5 Å². The molecule has 1 aromatic heterocycles. The van der Waals surface area contributed by atoms with E-state index in [1.807, 2.05) is 6.92 Å². The van der Waals surface area contributed by atoms with Gasteiger partial charge in [-0.1, -0.05) is 18.5 Å². The average molecular weight is 299 g/mol. The molecule has 0 saturated heterocycles. The molecule has 0 bridgehead atoms. The molecule has 0 aliphatic carbocycles. The average Bonchev–Trinajstić information content (AvgIpc) is 2.83. The normalized spacial score (nSPS) is 13.9. The van der Waals surface area contributed by atoms with Crippen molar-refractivity contribution in [2.75, 3.05) is 13.2 Å². The summed E-state index contributed by atoms with van der Waals surface area (Å²) in [5, 5.41) is 3.52. The molecule has 20 heavy (non-hydrogen) atoms. The zero-order chi connectivity index (χ0) is 15.2. The fraction of sp³-hybridized carbons (Fsp3) is 0.818. The van der Waals surface area contributed by atoms with E-state index in [1.54, 1.807) is 0 Å². The highest BCUT2D eigenvalue weighted by Crippen LogP contribution is 2.23. The van der Waals surface area contributed by atoms with Gasteiger partial charge in [0.05, 0.1) is 0 Å². The molecule has 1 atom stereocenters. The topological polar surface area (TPSA) is 74.2 Å². The standard InChI is InChI=1S/C11H17F4N3O2/c1-2-7(4-16)3-9-17-8(18-20-9)5-19-6-11(14,15)10(12)13/h7,10H,2-6,16H2,1H3. The van der Waals surface area contributed by atoms with Crippen LogP contribution < -0.4 is 5.73 Å². The Labute approximate surface area is 113 Å². The first kappa shape index (κ1) is 16.8. The molecule has 116 valence electrons. The van der Waals surface area contributed by atoms with Crippen LogP contribution in [-0.4, -0.2) is 35.6 Å². The van der Waals surface area contributed by atoms with Crippen molar-refractivity contribution in [1.82, 2.24) is 10.1 Å². The monoisotopic (exact) mass is 299 g/mol. The molecule has 0 saturated carbocycles. The van der Waals surface area contributed by atoms with E-state index in [0.29, 0.717) is 18.9 Å². The summed E-state index contributed by atoms with van der Waals surface area (Å²) in [6, 6.07) is 0. The summed E-state index contributed by atoms with van der Waals surface area (Å²) in [5.41, 5.74) is 5.53. The number of hydrogen-bond donors (Lipinski definition) is 1. The molecule has 0 spiro atoms. The minimum atomic E-state index is -4.18. The van der Waals surface area contributed by atoms with Crippen LogP contribution in [-0.2, 0) is 17.8 Å². The van der Waals surface area contributed by atoms with Crippen LogP contribution in [0.2, 0.25) is 0 Å². The molecular formula is C11H17F4N3O2. The molecule has 1 aromatic rings. The Morgan fingerprint density at radius 2 is 2.10 bits per heavy atom. The second kappa shape index (κ2) is 7.53. The van der Waals surface area contributed by atoms with Crippen LogP contribution in [0.1, 0.15) is 25.1 Å². The van der Waals surface area contributed by atoms with Crippen LogP contribution in [0.25, 0.3) is 0 Å². The largest absolute Gasteiger partial charge is 0.367 e. The molecule has 1 heterocycles. The minimum absolute atomic E-state index is 0.0388. The lowest BCUT2D eigenvalue weighted by Gasteiger charge is -2.14. The van der Waals surface area contributed by atoms with Gasteiger partial charge in [-0.2, -0.15) is 13.8 Å². The van der Waals surface area contributed by atoms with Gasteiger partial charge in [0.15, 0.2) is 5.82 Å². The Hall–Kier alpha value is -1.22. The zero-order valence-electron chi connectivity index (χ0n) is 11.0. The van der Waals surface area contributed by atoms with Gasteiger partial charge in [-0.15, -0.1) is 0 Å². The van der Waals surface area contributed by atoms with E-state index in [1.165, 1.54) is 0 Å². The van der Waals surface area contributed by atoms with Crippen LogP contribution in [0.4, 0.5) is 17.6 Å². The Balaban J connectivity index is 2.41. The highest BCUT2D eigenvalue weighted by Gasteiger charge is 2.41. The molecule has 0 radical (unpaired) electrons. The lowest BCUT2D eigenvalue weighted by molar-refractivity contribution is -0.168. The molecule has 0 aliphatic rings. The zero-order valence-corrected chi connectivity index (χ0v) is 11.0. The van der Waals surface area contributed by atoms with Gasteiger partial charge in [-0.3, -0.25) is 0 Å². The van der Waals surface area contributed by atoms with Crippen LogP contribution >= 0.6 is 0 Å². The van der Waals surface area contributed by atoms with Gasteiger partial charge < -0.3 is 15.0 Å². The third-order valence-electron chi connectivity index (χ3n) is 2.73. The second-order valence-corrected chi connectivity index (χ2v) is 4.37. The van der Waals surface area contributed by atoms with Crippen molar-refractivity contribution in [3.63, 3.8) is 0 Å². The predicted octanol–water partition coefficient (Wildman–Crippen LogP) is 2.01. The summed E-state index contributed by atoms with van der Waals surface area (Å²) < 4.78 is 58.2. The van der Waals surface area contributed by atoms with Crippen molar-refractivity contribution < 1.29 is 26.8 Å². The molecule has 5 nitrogen and oxygen atoms in total. The van der Waals surface area contributed by atoms with Crippen LogP contribution in [0, 0.1) is 5.92 Å².